The summed E-state index contributed by atoms with van der Waals surface area (Å²) in [6.07, 6.45) is 0. The second-order valence-corrected chi connectivity index (χ2v) is 4.53. The molecular formula is C13H10N4O7. The number of urea groups is 1. The van der Waals surface area contributed by atoms with Crippen LogP contribution in [0.15, 0.2) is 36.4 Å². The molecule has 0 heterocycles. The second-order valence-electron chi connectivity index (χ2n) is 4.53. The molecule has 0 spiro atoms. The summed E-state index contributed by atoms with van der Waals surface area (Å²) in [5, 5.41) is 41.2. The highest BCUT2D eigenvalue weighted by atomic mass is 16.6. The largest absolute Gasteiger partial charge is 0.505 e. The minimum atomic E-state index is -1.12. The summed E-state index contributed by atoms with van der Waals surface area (Å²) >= 11 is 0. The van der Waals surface area contributed by atoms with E-state index in [1.165, 1.54) is 0 Å². The molecule has 2 rings (SSSR count). The van der Waals surface area contributed by atoms with Gasteiger partial charge in [0, 0.05) is 12.1 Å². The van der Waals surface area contributed by atoms with Crippen LogP contribution in [-0.2, 0) is 0 Å². The third-order valence-electron chi connectivity index (χ3n) is 3.04. The number of rotatable bonds is 4. The number of nitro benzene ring substituents is 2. The number of aromatic hydroxyl groups is 2. The Hall–Kier alpha value is -3.89. The van der Waals surface area contributed by atoms with Crippen molar-refractivity contribution in [2.75, 3.05) is 4.90 Å². The van der Waals surface area contributed by atoms with E-state index >= 15 is 0 Å². The number of carbonyl (C=O) groups excluding carboxylic acids is 1. The van der Waals surface area contributed by atoms with Gasteiger partial charge >= 0.3 is 6.03 Å². The SMILES string of the molecule is NC(=O)N(c1ccc([N+](=O)[O-])cc1O)c1ccc([N+](=O)[O-])cc1O. The van der Waals surface area contributed by atoms with Gasteiger partial charge in [0.05, 0.1) is 33.4 Å². The van der Waals surface area contributed by atoms with Gasteiger partial charge in [-0.25, -0.2) is 4.79 Å². The van der Waals surface area contributed by atoms with E-state index in [-0.39, 0.29) is 11.4 Å². The molecule has 124 valence electrons. The zero-order valence-corrected chi connectivity index (χ0v) is 11.8. The lowest BCUT2D eigenvalue weighted by Gasteiger charge is -2.22. The number of benzene rings is 2. The van der Waals surface area contributed by atoms with Crippen LogP contribution in [0.3, 0.4) is 0 Å². The first kappa shape index (κ1) is 16.5. The van der Waals surface area contributed by atoms with Crippen LogP contribution in [-0.4, -0.2) is 26.1 Å². The molecule has 0 unspecified atom stereocenters. The number of nitro groups is 2. The molecule has 4 N–H and O–H groups in total. The molecule has 24 heavy (non-hydrogen) atoms. The van der Waals surface area contributed by atoms with Crippen molar-refractivity contribution in [2.45, 2.75) is 0 Å². The number of primary amides is 1. The molecule has 0 aromatic heterocycles. The Morgan fingerprint density at radius 1 is 0.917 bits per heavy atom. The van der Waals surface area contributed by atoms with Crippen LogP contribution in [0.4, 0.5) is 27.5 Å². The average molecular weight is 334 g/mol. The van der Waals surface area contributed by atoms with E-state index in [2.05, 4.69) is 0 Å². The number of anilines is 2. The summed E-state index contributed by atoms with van der Waals surface area (Å²) < 4.78 is 0. The lowest BCUT2D eigenvalue weighted by atomic mass is 10.2. The Morgan fingerprint density at radius 2 is 1.29 bits per heavy atom. The lowest BCUT2D eigenvalue weighted by molar-refractivity contribution is -0.385. The van der Waals surface area contributed by atoms with Crippen molar-refractivity contribution in [1.29, 1.82) is 0 Å². The van der Waals surface area contributed by atoms with Gasteiger partial charge in [-0.3, -0.25) is 25.1 Å². The minimum absolute atomic E-state index is 0.239. The zero-order valence-electron chi connectivity index (χ0n) is 11.8. The molecule has 0 saturated carbocycles. The summed E-state index contributed by atoms with van der Waals surface area (Å²) in [7, 11) is 0. The van der Waals surface area contributed by atoms with E-state index in [1.54, 1.807) is 0 Å². The van der Waals surface area contributed by atoms with Crippen molar-refractivity contribution in [3.05, 3.63) is 56.6 Å². The number of amides is 2. The first-order chi connectivity index (χ1) is 11.2. The van der Waals surface area contributed by atoms with E-state index < -0.39 is 38.8 Å². The van der Waals surface area contributed by atoms with Crippen LogP contribution < -0.4 is 10.6 Å². The zero-order chi connectivity index (χ0) is 18.0. The molecule has 2 aromatic rings. The van der Waals surface area contributed by atoms with Gasteiger partial charge in [0.1, 0.15) is 11.5 Å². The number of nitrogens with zero attached hydrogens (tertiary/aromatic N) is 3. The fraction of sp³-hybridized carbons (Fsp3) is 0. The minimum Gasteiger partial charge on any atom is -0.505 e. The molecule has 0 saturated heterocycles. The maximum absolute atomic E-state index is 11.7. The van der Waals surface area contributed by atoms with Crippen molar-refractivity contribution in [3.8, 4) is 11.5 Å². The Kier molecular flexibility index (Phi) is 4.17. The standard InChI is InChI=1S/C13H10N4O7/c14-13(20)15(9-3-1-7(16(21)22)5-11(9)18)10-4-2-8(17(23)24)6-12(10)19/h1-6,18-19H,(H2,14,20). The van der Waals surface area contributed by atoms with Crippen LogP contribution in [0.2, 0.25) is 0 Å². The van der Waals surface area contributed by atoms with E-state index in [0.29, 0.717) is 4.90 Å². The highest BCUT2D eigenvalue weighted by Gasteiger charge is 2.24. The van der Waals surface area contributed by atoms with E-state index in [9.17, 15) is 35.2 Å². The molecular weight excluding hydrogens is 324 g/mol. The molecule has 0 radical (unpaired) electrons. The summed E-state index contributed by atoms with van der Waals surface area (Å²) in [4.78, 5) is 32.2. The number of hydrogen-bond acceptors (Lipinski definition) is 7. The smallest absolute Gasteiger partial charge is 0.324 e. The van der Waals surface area contributed by atoms with E-state index in [4.69, 9.17) is 5.73 Å². The molecule has 2 amide bonds. The van der Waals surface area contributed by atoms with Gasteiger partial charge in [-0.1, -0.05) is 0 Å². The molecule has 0 aliphatic carbocycles. The van der Waals surface area contributed by atoms with Gasteiger partial charge in [-0.2, -0.15) is 0 Å². The van der Waals surface area contributed by atoms with Crippen LogP contribution in [0.25, 0.3) is 0 Å². The van der Waals surface area contributed by atoms with Gasteiger partial charge in [0.2, 0.25) is 0 Å². The third kappa shape index (κ3) is 2.99. The molecule has 0 fully saturated rings. The first-order valence-corrected chi connectivity index (χ1v) is 6.26. The van der Waals surface area contributed by atoms with Gasteiger partial charge in [-0.05, 0) is 12.1 Å². The number of phenols is 2. The predicted octanol–water partition coefficient (Wildman–Crippen LogP) is 2.13. The highest BCUT2D eigenvalue weighted by Crippen LogP contribution is 2.40. The number of nitrogens with two attached hydrogens (primary N) is 1. The van der Waals surface area contributed by atoms with Crippen LogP contribution in [0.5, 0.6) is 11.5 Å². The van der Waals surface area contributed by atoms with Crippen LogP contribution in [0, 0.1) is 20.2 Å². The number of carbonyl (C=O) groups is 1. The van der Waals surface area contributed by atoms with Crippen molar-refractivity contribution in [2.24, 2.45) is 5.73 Å². The molecule has 0 aliphatic rings. The third-order valence-corrected chi connectivity index (χ3v) is 3.04. The Labute approximate surface area is 133 Å². The van der Waals surface area contributed by atoms with Gasteiger partial charge in [0.25, 0.3) is 11.4 Å². The number of phenolic OH excluding ortho intramolecular Hbond substituents is 2. The normalized spacial score (nSPS) is 10.2. The summed E-state index contributed by atoms with van der Waals surface area (Å²) in [5.74, 6) is -1.28. The maximum atomic E-state index is 11.7. The Bertz CT molecular complexity index is 789. The monoisotopic (exact) mass is 334 g/mol. The quantitative estimate of drug-likeness (QED) is 0.567. The molecule has 11 heteroatoms. The molecule has 2 aromatic carbocycles. The Morgan fingerprint density at radius 3 is 1.54 bits per heavy atom. The summed E-state index contributed by atoms with van der Waals surface area (Å²) in [6.45, 7) is 0. The fourth-order valence-corrected chi connectivity index (χ4v) is 2.00. The predicted molar refractivity (Wildman–Crippen MR) is 81.2 cm³/mol. The van der Waals surface area contributed by atoms with Crippen molar-refractivity contribution >= 4 is 28.8 Å². The highest BCUT2D eigenvalue weighted by molar-refractivity contribution is 6.01. The number of non-ortho nitro benzene ring substituents is 2. The van der Waals surface area contributed by atoms with Crippen LogP contribution >= 0.6 is 0 Å². The van der Waals surface area contributed by atoms with E-state index in [1.807, 2.05) is 0 Å². The van der Waals surface area contributed by atoms with E-state index in [0.717, 1.165) is 36.4 Å². The van der Waals surface area contributed by atoms with Gasteiger partial charge < -0.3 is 15.9 Å². The average Bonchev–Trinajstić information content (AvgIpc) is 2.49. The first-order valence-electron chi connectivity index (χ1n) is 6.26. The fourth-order valence-electron chi connectivity index (χ4n) is 2.00. The van der Waals surface area contributed by atoms with Crippen LogP contribution in [0.1, 0.15) is 0 Å². The second kappa shape index (κ2) is 6.08. The summed E-state index contributed by atoms with van der Waals surface area (Å²) in [5.41, 5.74) is 3.91. The molecule has 0 atom stereocenters. The maximum Gasteiger partial charge on any atom is 0.324 e. The van der Waals surface area contributed by atoms with Gasteiger partial charge in [-0.15, -0.1) is 0 Å². The molecule has 11 nitrogen and oxygen atoms in total. The van der Waals surface area contributed by atoms with Crippen molar-refractivity contribution in [1.82, 2.24) is 0 Å². The summed E-state index contributed by atoms with van der Waals surface area (Å²) in [6, 6.07) is 4.63. The Balaban J connectivity index is 2.57. The number of hydrogen-bond donors (Lipinski definition) is 3. The topological polar surface area (TPSA) is 173 Å². The van der Waals surface area contributed by atoms with Gasteiger partial charge in [0.15, 0.2) is 0 Å². The molecule has 0 bridgehead atoms. The lowest BCUT2D eigenvalue weighted by Crippen LogP contribution is -2.31. The molecule has 0 aliphatic heterocycles. The van der Waals surface area contributed by atoms with Crippen molar-refractivity contribution in [3.63, 3.8) is 0 Å². The van der Waals surface area contributed by atoms with Crippen molar-refractivity contribution < 1.29 is 24.9 Å².